The average molecular weight is 364 g/mol. The van der Waals surface area contributed by atoms with E-state index >= 15 is 0 Å². The number of anilines is 2. The maximum Gasteiger partial charge on any atom is 0.188 e. The average Bonchev–Trinajstić information content (AvgIpc) is 3.00. The Morgan fingerprint density at radius 3 is 2.67 bits per heavy atom. The molecule has 0 saturated heterocycles. The van der Waals surface area contributed by atoms with Crippen molar-refractivity contribution in [2.45, 2.75) is 13.5 Å². The fourth-order valence-electron chi connectivity index (χ4n) is 1.99. The zero-order valence-corrected chi connectivity index (χ0v) is 15.0. The molecule has 0 bridgehead atoms. The van der Waals surface area contributed by atoms with Crippen LogP contribution < -0.4 is 14.8 Å². The van der Waals surface area contributed by atoms with Crippen molar-refractivity contribution >= 4 is 34.7 Å². The van der Waals surface area contributed by atoms with E-state index in [1.54, 1.807) is 13.3 Å². The highest BCUT2D eigenvalue weighted by atomic mass is 35.5. The predicted octanol–water partition coefficient (Wildman–Crippen LogP) is 4.60. The molecule has 3 aromatic rings. The van der Waals surface area contributed by atoms with Crippen molar-refractivity contribution in [2.24, 2.45) is 0 Å². The van der Waals surface area contributed by atoms with E-state index in [0.29, 0.717) is 23.9 Å². The second kappa shape index (κ2) is 8.52. The minimum absolute atomic E-state index is 0. The van der Waals surface area contributed by atoms with Crippen LogP contribution in [-0.2, 0) is 6.61 Å². The quantitative estimate of drug-likeness (QED) is 0.693. The van der Waals surface area contributed by atoms with Crippen LogP contribution in [0.4, 0.5) is 10.9 Å². The third kappa shape index (κ3) is 4.59. The first-order chi connectivity index (χ1) is 11.2. The van der Waals surface area contributed by atoms with Gasteiger partial charge in [0.15, 0.2) is 16.7 Å². The molecule has 0 fully saturated rings. The first kappa shape index (κ1) is 18.0. The highest BCUT2D eigenvalue weighted by Crippen LogP contribution is 2.30. The number of aromatic nitrogens is 2. The number of nitrogens with one attached hydrogen (secondary N) is 1. The van der Waals surface area contributed by atoms with E-state index in [4.69, 9.17) is 9.47 Å². The van der Waals surface area contributed by atoms with Crippen molar-refractivity contribution in [1.82, 2.24) is 9.97 Å². The molecule has 0 radical (unpaired) electrons. The Balaban J connectivity index is 0.00000208. The van der Waals surface area contributed by atoms with E-state index in [9.17, 15) is 0 Å². The third-order valence-corrected chi connectivity index (χ3v) is 4.02. The van der Waals surface area contributed by atoms with Crippen molar-refractivity contribution < 1.29 is 9.47 Å². The van der Waals surface area contributed by atoms with Gasteiger partial charge in [0.05, 0.1) is 19.0 Å². The number of hydrogen-bond acceptors (Lipinski definition) is 6. The Kier molecular flexibility index (Phi) is 6.40. The van der Waals surface area contributed by atoms with Gasteiger partial charge in [0.1, 0.15) is 12.4 Å². The minimum atomic E-state index is 0. The van der Waals surface area contributed by atoms with Gasteiger partial charge in [0.25, 0.3) is 0 Å². The van der Waals surface area contributed by atoms with Crippen LogP contribution in [0.5, 0.6) is 11.5 Å². The Bertz CT molecular complexity index is 781. The van der Waals surface area contributed by atoms with E-state index in [0.717, 1.165) is 16.4 Å². The van der Waals surface area contributed by atoms with Gasteiger partial charge in [-0.15, -0.1) is 23.7 Å². The van der Waals surface area contributed by atoms with Crippen LogP contribution in [0.1, 0.15) is 11.3 Å². The van der Waals surface area contributed by atoms with Gasteiger partial charge in [0.2, 0.25) is 0 Å². The predicted molar refractivity (Wildman–Crippen MR) is 98.9 cm³/mol. The molecule has 5 nitrogen and oxygen atoms in total. The van der Waals surface area contributed by atoms with Crippen LogP contribution in [0.15, 0.2) is 48.0 Å². The Morgan fingerprint density at radius 2 is 2.00 bits per heavy atom. The standard InChI is InChI=1S/C17H17N3O2S.ClH/c1-12-11-23-17(19-12)20-16-15(8-14(21-2)9-18-16)22-10-13-6-4-3-5-7-13;/h3-9,11H,10H2,1-2H3,(H,18,19,20);1H. The molecule has 7 heteroatoms. The SMILES string of the molecule is COc1cnc(Nc2nc(C)cs2)c(OCc2ccccc2)c1.Cl. The fraction of sp³-hybridized carbons (Fsp3) is 0.176. The monoisotopic (exact) mass is 363 g/mol. The van der Waals surface area contributed by atoms with Gasteiger partial charge in [-0.25, -0.2) is 9.97 Å². The molecule has 24 heavy (non-hydrogen) atoms. The van der Waals surface area contributed by atoms with Gasteiger partial charge in [0, 0.05) is 11.4 Å². The Hall–Kier alpha value is -2.31. The molecule has 0 aliphatic heterocycles. The van der Waals surface area contributed by atoms with Gasteiger partial charge < -0.3 is 14.8 Å². The maximum atomic E-state index is 5.92. The normalized spacial score (nSPS) is 9.92. The lowest BCUT2D eigenvalue weighted by atomic mass is 10.2. The van der Waals surface area contributed by atoms with Crippen LogP contribution >= 0.6 is 23.7 Å². The second-order valence-corrected chi connectivity index (χ2v) is 5.77. The van der Waals surface area contributed by atoms with Crippen molar-refractivity contribution in [2.75, 3.05) is 12.4 Å². The summed E-state index contributed by atoms with van der Waals surface area (Å²) in [5, 5.41) is 5.96. The molecule has 2 aromatic heterocycles. The second-order valence-electron chi connectivity index (χ2n) is 4.92. The number of methoxy groups -OCH3 is 1. The number of aryl methyl sites for hydroxylation is 1. The van der Waals surface area contributed by atoms with Crippen LogP contribution in [0, 0.1) is 6.92 Å². The van der Waals surface area contributed by atoms with Crippen molar-refractivity contribution in [3.63, 3.8) is 0 Å². The molecule has 126 valence electrons. The van der Waals surface area contributed by atoms with Crippen molar-refractivity contribution in [1.29, 1.82) is 0 Å². The summed E-state index contributed by atoms with van der Waals surface area (Å²) in [6.07, 6.45) is 1.65. The largest absolute Gasteiger partial charge is 0.495 e. The summed E-state index contributed by atoms with van der Waals surface area (Å²) in [7, 11) is 1.61. The number of rotatable bonds is 6. The minimum Gasteiger partial charge on any atom is -0.495 e. The van der Waals surface area contributed by atoms with E-state index in [1.165, 1.54) is 11.3 Å². The lowest BCUT2D eigenvalue weighted by Gasteiger charge is -2.12. The first-order valence-electron chi connectivity index (χ1n) is 7.14. The van der Waals surface area contributed by atoms with Crippen LogP contribution in [-0.4, -0.2) is 17.1 Å². The molecule has 0 spiro atoms. The zero-order valence-electron chi connectivity index (χ0n) is 13.4. The van der Waals surface area contributed by atoms with Crippen LogP contribution in [0.3, 0.4) is 0 Å². The van der Waals surface area contributed by atoms with E-state index in [-0.39, 0.29) is 12.4 Å². The molecular formula is C17H18ClN3O2S. The van der Waals surface area contributed by atoms with Gasteiger partial charge in [-0.2, -0.15) is 0 Å². The molecular weight excluding hydrogens is 346 g/mol. The molecule has 3 rings (SSSR count). The van der Waals surface area contributed by atoms with Gasteiger partial charge in [-0.1, -0.05) is 30.3 Å². The smallest absolute Gasteiger partial charge is 0.188 e. The number of pyridine rings is 1. The Labute approximate surface area is 151 Å². The molecule has 0 aliphatic carbocycles. The number of halogens is 1. The molecule has 1 N–H and O–H groups in total. The van der Waals surface area contributed by atoms with E-state index in [1.807, 2.05) is 48.7 Å². The summed E-state index contributed by atoms with van der Waals surface area (Å²) in [5.41, 5.74) is 2.06. The summed E-state index contributed by atoms with van der Waals surface area (Å²) >= 11 is 1.53. The summed E-state index contributed by atoms with van der Waals surface area (Å²) < 4.78 is 11.1. The van der Waals surface area contributed by atoms with Gasteiger partial charge in [-0.05, 0) is 12.5 Å². The summed E-state index contributed by atoms with van der Waals surface area (Å²) in [6.45, 7) is 2.41. The maximum absolute atomic E-state index is 5.92. The first-order valence-corrected chi connectivity index (χ1v) is 8.02. The summed E-state index contributed by atoms with van der Waals surface area (Å²) in [5.74, 6) is 1.89. The number of hydrogen-bond donors (Lipinski definition) is 1. The number of nitrogens with zero attached hydrogens (tertiary/aromatic N) is 2. The van der Waals surface area contributed by atoms with Crippen LogP contribution in [0.2, 0.25) is 0 Å². The number of benzene rings is 1. The fourth-order valence-corrected chi connectivity index (χ4v) is 2.68. The lowest BCUT2D eigenvalue weighted by molar-refractivity contribution is 0.304. The number of thiazole rings is 1. The molecule has 0 saturated carbocycles. The molecule has 2 heterocycles. The third-order valence-electron chi connectivity index (χ3n) is 3.14. The van der Waals surface area contributed by atoms with Crippen molar-refractivity contribution in [3.05, 3.63) is 59.2 Å². The van der Waals surface area contributed by atoms with E-state index < -0.39 is 0 Å². The highest BCUT2D eigenvalue weighted by molar-refractivity contribution is 7.13. The molecule has 0 atom stereocenters. The highest BCUT2D eigenvalue weighted by Gasteiger charge is 2.10. The lowest BCUT2D eigenvalue weighted by Crippen LogP contribution is -2.01. The number of ether oxygens (including phenoxy) is 2. The molecule has 1 aromatic carbocycles. The molecule has 0 unspecified atom stereocenters. The Morgan fingerprint density at radius 1 is 1.21 bits per heavy atom. The van der Waals surface area contributed by atoms with E-state index in [2.05, 4.69) is 15.3 Å². The molecule has 0 aliphatic rings. The zero-order chi connectivity index (χ0) is 16.1. The molecule has 0 amide bonds. The van der Waals surface area contributed by atoms with Gasteiger partial charge in [-0.3, -0.25) is 0 Å². The summed E-state index contributed by atoms with van der Waals surface area (Å²) in [4.78, 5) is 8.76. The topological polar surface area (TPSA) is 56.3 Å². The van der Waals surface area contributed by atoms with Crippen molar-refractivity contribution in [3.8, 4) is 11.5 Å². The van der Waals surface area contributed by atoms with Crippen LogP contribution in [0.25, 0.3) is 0 Å². The van der Waals surface area contributed by atoms with Gasteiger partial charge >= 0.3 is 0 Å². The summed E-state index contributed by atoms with van der Waals surface area (Å²) in [6, 6.07) is 11.8.